The van der Waals surface area contributed by atoms with Crippen LogP contribution in [-0.4, -0.2) is 45.6 Å². The average molecular weight is 424 g/mol. The predicted octanol–water partition coefficient (Wildman–Crippen LogP) is 3.52. The summed E-state index contributed by atoms with van der Waals surface area (Å²) in [5, 5.41) is 10.9. The van der Waals surface area contributed by atoms with Crippen molar-refractivity contribution in [1.29, 1.82) is 0 Å². The summed E-state index contributed by atoms with van der Waals surface area (Å²) >= 11 is 0. The van der Waals surface area contributed by atoms with Gasteiger partial charge >= 0.3 is 0 Å². The monoisotopic (exact) mass is 424 g/mol. The van der Waals surface area contributed by atoms with Gasteiger partial charge in [-0.3, -0.25) is 9.59 Å². The number of Topliss-reactive ketones (excluding diaryl/α,β-unsaturated/α-hetero) is 1. The van der Waals surface area contributed by atoms with Crippen molar-refractivity contribution in [3.05, 3.63) is 71.5 Å². The van der Waals surface area contributed by atoms with Crippen LogP contribution in [0.1, 0.15) is 17.0 Å². The summed E-state index contributed by atoms with van der Waals surface area (Å²) in [6.07, 6.45) is 4.91. The SMILES string of the molecule is COc1cc(OC)cc(C2C(O)=CC=CC2(C(=O)C=O)c2cc(OC)cc(OC)c2)c1. The van der Waals surface area contributed by atoms with Crippen LogP contribution < -0.4 is 18.9 Å². The first kappa shape index (κ1) is 22.0. The molecular weight excluding hydrogens is 400 g/mol. The molecule has 7 nitrogen and oxygen atoms in total. The lowest BCUT2D eigenvalue weighted by Gasteiger charge is -2.38. The van der Waals surface area contributed by atoms with Crippen LogP contribution in [0.15, 0.2) is 60.4 Å². The number of hydrogen-bond donors (Lipinski definition) is 1. The van der Waals surface area contributed by atoms with E-state index in [1.807, 2.05) is 0 Å². The van der Waals surface area contributed by atoms with E-state index in [1.165, 1.54) is 34.5 Å². The Bertz CT molecular complexity index is 1010. The van der Waals surface area contributed by atoms with Gasteiger partial charge in [-0.05, 0) is 41.5 Å². The van der Waals surface area contributed by atoms with Crippen LogP contribution in [0.2, 0.25) is 0 Å². The van der Waals surface area contributed by atoms with Crippen molar-refractivity contribution in [3.8, 4) is 23.0 Å². The Morgan fingerprint density at radius 2 is 1.35 bits per heavy atom. The van der Waals surface area contributed by atoms with Gasteiger partial charge in [0.2, 0.25) is 5.78 Å². The molecule has 0 amide bonds. The van der Waals surface area contributed by atoms with E-state index in [0.717, 1.165) is 0 Å². The highest BCUT2D eigenvalue weighted by Crippen LogP contribution is 2.49. The number of allylic oxidation sites excluding steroid dienone is 4. The largest absolute Gasteiger partial charge is 0.512 e. The Labute approximate surface area is 180 Å². The zero-order chi connectivity index (χ0) is 22.6. The van der Waals surface area contributed by atoms with Crippen molar-refractivity contribution in [2.24, 2.45) is 0 Å². The normalized spacial score (nSPS) is 19.9. The van der Waals surface area contributed by atoms with Gasteiger partial charge in [-0.25, -0.2) is 0 Å². The van der Waals surface area contributed by atoms with Gasteiger partial charge in [0.25, 0.3) is 0 Å². The van der Waals surface area contributed by atoms with Gasteiger partial charge in [0, 0.05) is 12.1 Å². The zero-order valence-electron chi connectivity index (χ0n) is 17.7. The van der Waals surface area contributed by atoms with Crippen molar-refractivity contribution >= 4 is 12.1 Å². The molecule has 0 saturated carbocycles. The van der Waals surface area contributed by atoms with Crippen LogP contribution >= 0.6 is 0 Å². The van der Waals surface area contributed by atoms with Crippen LogP contribution in [0.5, 0.6) is 23.0 Å². The molecule has 31 heavy (non-hydrogen) atoms. The summed E-state index contributed by atoms with van der Waals surface area (Å²) in [7, 11) is 5.99. The summed E-state index contributed by atoms with van der Waals surface area (Å²) in [4.78, 5) is 25.0. The zero-order valence-corrected chi connectivity index (χ0v) is 17.7. The molecule has 2 unspecified atom stereocenters. The highest BCUT2D eigenvalue weighted by molar-refractivity contribution is 6.31. The van der Waals surface area contributed by atoms with Crippen molar-refractivity contribution < 1.29 is 33.6 Å². The Morgan fingerprint density at radius 1 is 0.871 bits per heavy atom. The standard InChI is InChI=1S/C24H24O7/c1-28-17-8-15(9-18(12-17)29-2)23-21(26)6-5-7-24(23,22(27)14-25)16-10-19(30-3)13-20(11-16)31-4/h5-14,23,26H,1-4H3. The third kappa shape index (κ3) is 3.86. The first-order valence-electron chi connectivity index (χ1n) is 9.48. The molecule has 1 aliphatic rings. The Balaban J connectivity index is 2.35. The average Bonchev–Trinajstić information content (AvgIpc) is 2.82. The van der Waals surface area contributed by atoms with E-state index < -0.39 is 17.1 Å². The minimum atomic E-state index is -1.54. The van der Waals surface area contributed by atoms with Gasteiger partial charge in [-0.1, -0.05) is 12.2 Å². The molecule has 0 aromatic heterocycles. The van der Waals surface area contributed by atoms with Crippen LogP contribution in [0.4, 0.5) is 0 Å². The molecule has 2 aromatic carbocycles. The molecule has 1 N–H and O–H groups in total. The van der Waals surface area contributed by atoms with E-state index >= 15 is 0 Å². The molecular formula is C24H24O7. The summed E-state index contributed by atoms with van der Waals surface area (Å²) in [6, 6.07) is 10.0. The minimum absolute atomic E-state index is 0.0882. The number of carbonyl (C=O) groups is 2. The van der Waals surface area contributed by atoms with Gasteiger partial charge in [0.15, 0.2) is 6.29 Å². The molecule has 1 aliphatic carbocycles. The van der Waals surface area contributed by atoms with Crippen molar-refractivity contribution in [2.45, 2.75) is 11.3 Å². The number of benzene rings is 2. The molecule has 0 aliphatic heterocycles. The lowest BCUT2D eigenvalue weighted by Crippen LogP contribution is -2.43. The molecule has 162 valence electrons. The number of ether oxygens (including phenoxy) is 4. The molecule has 3 rings (SSSR count). The maximum absolute atomic E-state index is 13.2. The summed E-state index contributed by atoms with van der Waals surface area (Å²) in [5.41, 5.74) is -0.575. The highest BCUT2D eigenvalue weighted by atomic mass is 16.5. The maximum atomic E-state index is 13.2. The third-order valence-corrected chi connectivity index (χ3v) is 5.43. The second-order valence-corrected chi connectivity index (χ2v) is 6.98. The highest BCUT2D eigenvalue weighted by Gasteiger charge is 2.49. The molecule has 0 fully saturated rings. The van der Waals surface area contributed by atoms with Crippen LogP contribution in [0.3, 0.4) is 0 Å². The first-order valence-corrected chi connectivity index (χ1v) is 9.48. The van der Waals surface area contributed by atoms with Gasteiger partial charge < -0.3 is 24.1 Å². The van der Waals surface area contributed by atoms with E-state index in [9.17, 15) is 14.7 Å². The second kappa shape index (κ2) is 8.95. The Hall–Kier alpha value is -3.74. The van der Waals surface area contributed by atoms with E-state index in [2.05, 4.69) is 0 Å². The number of aliphatic hydroxyl groups is 1. The summed E-state index contributed by atoms with van der Waals surface area (Å²) < 4.78 is 21.5. The fraction of sp³-hybridized carbons (Fsp3) is 0.250. The van der Waals surface area contributed by atoms with Crippen molar-refractivity contribution in [3.63, 3.8) is 0 Å². The van der Waals surface area contributed by atoms with Crippen LogP contribution in [0, 0.1) is 0 Å². The van der Waals surface area contributed by atoms with E-state index in [1.54, 1.807) is 48.6 Å². The summed E-state index contributed by atoms with van der Waals surface area (Å²) in [6.45, 7) is 0. The Kier molecular flexibility index (Phi) is 6.34. The number of aliphatic hydroxyl groups excluding tert-OH is 1. The van der Waals surface area contributed by atoms with Crippen LogP contribution in [-0.2, 0) is 15.0 Å². The molecule has 0 bridgehead atoms. The van der Waals surface area contributed by atoms with Crippen molar-refractivity contribution in [1.82, 2.24) is 0 Å². The van der Waals surface area contributed by atoms with Gasteiger partial charge in [0.1, 0.15) is 28.8 Å². The van der Waals surface area contributed by atoms with Gasteiger partial charge in [0.05, 0.1) is 39.8 Å². The quantitative estimate of drug-likeness (QED) is 0.512. The summed E-state index contributed by atoms with van der Waals surface area (Å²) in [5.74, 6) is 0.102. The first-order chi connectivity index (χ1) is 14.9. The minimum Gasteiger partial charge on any atom is -0.512 e. The second-order valence-electron chi connectivity index (χ2n) is 6.98. The van der Waals surface area contributed by atoms with Crippen LogP contribution in [0.25, 0.3) is 0 Å². The number of ketones is 1. The molecule has 2 aromatic rings. The van der Waals surface area contributed by atoms with E-state index in [4.69, 9.17) is 18.9 Å². The Morgan fingerprint density at radius 3 is 1.81 bits per heavy atom. The van der Waals surface area contributed by atoms with E-state index in [-0.39, 0.29) is 12.0 Å². The van der Waals surface area contributed by atoms with Gasteiger partial charge in [-0.2, -0.15) is 0 Å². The molecule has 0 saturated heterocycles. The topological polar surface area (TPSA) is 91.3 Å². The molecule has 0 spiro atoms. The number of carbonyl (C=O) groups excluding carboxylic acids is 2. The van der Waals surface area contributed by atoms with Crippen molar-refractivity contribution in [2.75, 3.05) is 28.4 Å². The maximum Gasteiger partial charge on any atom is 0.210 e. The predicted molar refractivity (Wildman–Crippen MR) is 114 cm³/mol. The fourth-order valence-corrected chi connectivity index (χ4v) is 3.93. The van der Waals surface area contributed by atoms with Gasteiger partial charge in [-0.15, -0.1) is 0 Å². The molecule has 7 heteroatoms. The molecule has 0 heterocycles. The number of hydrogen-bond acceptors (Lipinski definition) is 7. The molecule has 2 atom stereocenters. The lowest BCUT2D eigenvalue weighted by atomic mass is 9.62. The number of aldehydes is 1. The smallest absolute Gasteiger partial charge is 0.210 e. The fourth-order valence-electron chi connectivity index (χ4n) is 3.93. The lowest BCUT2D eigenvalue weighted by molar-refractivity contribution is -0.133. The number of rotatable bonds is 8. The number of methoxy groups -OCH3 is 4. The third-order valence-electron chi connectivity index (χ3n) is 5.43. The molecule has 0 radical (unpaired) electrons. The van der Waals surface area contributed by atoms with E-state index in [0.29, 0.717) is 34.1 Å².